The van der Waals surface area contributed by atoms with Crippen LogP contribution in [0.2, 0.25) is 0 Å². The van der Waals surface area contributed by atoms with Crippen LogP contribution in [0.4, 0.5) is 5.69 Å². The molecular formula is C24H23N5O2S. The number of carbonyl (C=O) groups is 1. The number of methoxy groups -OCH3 is 1. The van der Waals surface area contributed by atoms with Crippen LogP contribution in [0.5, 0.6) is 5.75 Å². The third-order valence-corrected chi connectivity index (χ3v) is 5.72. The summed E-state index contributed by atoms with van der Waals surface area (Å²) in [5.41, 5.74) is 3.53. The van der Waals surface area contributed by atoms with Gasteiger partial charge in [0, 0.05) is 6.20 Å². The molecular weight excluding hydrogens is 422 g/mol. The maximum atomic E-state index is 12.7. The van der Waals surface area contributed by atoms with Gasteiger partial charge in [0.05, 0.1) is 25.1 Å². The van der Waals surface area contributed by atoms with E-state index >= 15 is 0 Å². The number of hydrogen-bond acceptors (Lipinski definition) is 6. The van der Waals surface area contributed by atoms with Crippen molar-refractivity contribution in [2.24, 2.45) is 0 Å². The Kier molecular flexibility index (Phi) is 6.81. The van der Waals surface area contributed by atoms with Crippen molar-refractivity contribution >= 4 is 23.4 Å². The highest BCUT2D eigenvalue weighted by atomic mass is 32.2. The molecule has 4 rings (SSSR count). The van der Waals surface area contributed by atoms with Crippen molar-refractivity contribution in [3.8, 4) is 17.3 Å². The number of hydrogen-bond donors (Lipinski definition) is 1. The largest absolute Gasteiger partial charge is 0.495 e. The standard InChI is InChI=1S/C24H23N5O2S/c1-17-11-12-21(31-2)20(14-17)26-22(30)16-32-24-28-27-23(19-10-6-7-13-25-19)29(24)15-18-8-4-3-5-9-18/h3-14H,15-16H2,1-2H3,(H,26,30). The van der Waals surface area contributed by atoms with Gasteiger partial charge in [-0.2, -0.15) is 0 Å². The topological polar surface area (TPSA) is 81.9 Å². The summed E-state index contributed by atoms with van der Waals surface area (Å²) in [6, 6.07) is 21.4. The first-order chi connectivity index (χ1) is 15.6. The van der Waals surface area contributed by atoms with Crippen LogP contribution in [-0.4, -0.2) is 38.5 Å². The van der Waals surface area contributed by atoms with Crippen LogP contribution in [0.25, 0.3) is 11.5 Å². The van der Waals surface area contributed by atoms with Gasteiger partial charge in [0.2, 0.25) is 5.91 Å². The smallest absolute Gasteiger partial charge is 0.234 e. The van der Waals surface area contributed by atoms with E-state index in [1.54, 1.807) is 13.3 Å². The molecule has 8 heteroatoms. The lowest BCUT2D eigenvalue weighted by Gasteiger charge is -2.12. The molecule has 0 saturated carbocycles. The van der Waals surface area contributed by atoms with E-state index in [0.717, 1.165) is 16.8 Å². The second-order valence-corrected chi connectivity index (χ2v) is 8.08. The molecule has 0 aliphatic heterocycles. The van der Waals surface area contributed by atoms with E-state index in [0.29, 0.717) is 29.0 Å². The van der Waals surface area contributed by atoms with Crippen LogP contribution in [0, 0.1) is 6.92 Å². The zero-order valence-electron chi connectivity index (χ0n) is 17.9. The van der Waals surface area contributed by atoms with Crippen LogP contribution >= 0.6 is 11.8 Å². The number of rotatable bonds is 8. The number of amides is 1. The third-order valence-electron chi connectivity index (χ3n) is 4.76. The normalized spacial score (nSPS) is 10.7. The molecule has 0 aliphatic carbocycles. The summed E-state index contributed by atoms with van der Waals surface area (Å²) in [5, 5.41) is 12.3. The van der Waals surface area contributed by atoms with E-state index in [9.17, 15) is 4.79 Å². The first kappa shape index (κ1) is 21.6. The Balaban J connectivity index is 1.54. The highest BCUT2D eigenvalue weighted by Gasteiger charge is 2.17. The number of anilines is 1. The fourth-order valence-corrected chi connectivity index (χ4v) is 3.96. The Labute approximate surface area is 190 Å². The van der Waals surface area contributed by atoms with Crippen LogP contribution in [-0.2, 0) is 11.3 Å². The molecule has 0 fully saturated rings. The molecule has 4 aromatic rings. The van der Waals surface area contributed by atoms with Crippen LogP contribution < -0.4 is 10.1 Å². The minimum atomic E-state index is -0.146. The number of pyridine rings is 1. The lowest BCUT2D eigenvalue weighted by Crippen LogP contribution is -2.15. The number of nitrogens with zero attached hydrogens (tertiary/aromatic N) is 4. The van der Waals surface area contributed by atoms with Crippen LogP contribution in [0.15, 0.2) is 78.1 Å². The summed E-state index contributed by atoms with van der Waals surface area (Å²) >= 11 is 1.34. The Bertz CT molecular complexity index is 1200. The first-order valence-electron chi connectivity index (χ1n) is 10.1. The molecule has 162 valence electrons. The van der Waals surface area contributed by atoms with Crippen molar-refractivity contribution in [2.45, 2.75) is 18.6 Å². The third kappa shape index (κ3) is 5.15. The molecule has 1 N–H and O–H groups in total. The second-order valence-electron chi connectivity index (χ2n) is 7.13. The molecule has 0 atom stereocenters. The molecule has 0 radical (unpaired) electrons. The molecule has 1 amide bonds. The maximum Gasteiger partial charge on any atom is 0.234 e. The lowest BCUT2D eigenvalue weighted by atomic mass is 10.2. The number of thioether (sulfide) groups is 1. The van der Waals surface area contributed by atoms with Gasteiger partial charge in [0.1, 0.15) is 11.4 Å². The molecule has 2 aromatic heterocycles. The van der Waals surface area contributed by atoms with E-state index in [1.807, 2.05) is 78.2 Å². The van der Waals surface area contributed by atoms with Gasteiger partial charge in [-0.1, -0.05) is 54.2 Å². The Hall–Kier alpha value is -3.65. The quantitative estimate of drug-likeness (QED) is 0.404. The number of nitrogens with one attached hydrogen (secondary N) is 1. The van der Waals surface area contributed by atoms with Gasteiger partial charge in [0.25, 0.3) is 0 Å². The highest BCUT2D eigenvalue weighted by Crippen LogP contribution is 2.27. The molecule has 7 nitrogen and oxygen atoms in total. The van der Waals surface area contributed by atoms with Crippen molar-refractivity contribution < 1.29 is 9.53 Å². The Morgan fingerprint density at radius 2 is 1.88 bits per heavy atom. The summed E-state index contributed by atoms with van der Waals surface area (Å²) in [6.07, 6.45) is 1.73. The van der Waals surface area contributed by atoms with Crippen molar-refractivity contribution in [1.29, 1.82) is 0 Å². The molecule has 32 heavy (non-hydrogen) atoms. The number of aromatic nitrogens is 4. The second kappa shape index (κ2) is 10.1. The molecule has 0 spiro atoms. The fourth-order valence-electron chi connectivity index (χ4n) is 3.22. The van der Waals surface area contributed by atoms with Gasteiger partial charge in [0.15, 0.2) is 11.0 Å². The van der Waals surface area contributed by atoms with E-state index in [-0.39, 0.29) is 11.7 Å². The number of carbonyl (C=O) groups excluding carboxylic acids is 1. The average molecular weight is 446 g/mol. The summed E-state index contributed by atoms with van der Waals surface area (Å²) in [5.74, 6) is 1.33. The van der Waals surface area contributed by atoms with Crippen molar-refractivity contribution in [3.63, 3.8) is 0 Å². The van der Waals surface area contributed by atoms with Crippen molar-refractivity contribution in [2.75, 3.05) is 18.2 Å². The summed E-state index contributed by atoms with van der Waals surface area (Å²) in [6.45, 7) is 2.55. The van der Waals surface area contributed by atoms with Crippen LogP contribution in [0.3, 0.4) is 0 Å². The Morgan fingerprint density at radius 1 is 1.06 bits per heavy atom. The summed E-state index contributed by atoms with van der Waals surface area (Å²) in [7, 11) is 1.58. The highest BCUT2D eigenvalue weighted by molar-refractivity contribution is 7.99. The van der Waals surface area contributed by atoms with Crippen molar-refractivity contribution in [1.82, 2.24) is 19.7 Å². The van der Waals surface area contributed by atoms with Crippen molar-refractivity contribution in [3.05, 3.63) is 84.1 Å². The van der Waals surface area contributed by atoms with Gasteiger partial charge in [-0.15, -0.1) is 10.2 Å². The van der Waals surface area contributed by atoms with E-state index < -0.39 is 0 Å². The predicted molar refractivity (Wildman–Crippen MR) is 126 cm³/mol. The minimum Gasteiger partial charge on any atom is -0.495 e. The number of benzene rings is 2. The van der Waals surface area contributed by atoms with Gasteiger partial charge >= 0.3 is 0 Å². The van der Waals surface area contributed by atoms with E-state index in [4.69, 9.17) is 4.74 Å². The lowest BCUT2D eigenvalue weighted by molar-refractivity contribution is -0.113. The van der Waals surface area contributed by atoms with E-state index in [1.165, 1.54) is 11.8 Å². The molecule has 0 unspecified atom stereocenters. The summed E-state index contributed by atoms with van der Waals surface area (Å²) < 4.78 is 7.34. The average Bonchev–Trinajstić information content (AvgIpc) is 3.21. The monoisotopic (exact) mass is 445 g/mol. The summed E-state index contributed by atoms with van der Waals surface area (Å²) in [4.78, 5) is 17.1. The van der Waals surface area contributed by atoms with Gasteiger partial charge < -0.3 is 10.1 Å². The SMILES string of the molecule is COc1ccc(C)cc1NC(=O)CSc1nnc(-c2ccccn2)n1Cc1ccccc1. The number of aryl methyl sites for hydroxylation is 1. The molecule has 0 saturated heterocycles. The number of ether oxygens (including phenoxy) is 1. The first-order valence-corrected chi connectivity index (χ1v) is 11.1. The van der Waals surface area contributed by atoms with E-state index in [2.05, 4.69) is 20.5 Å². The molecule has 2 aromatic carbocycles. The minimum absolute atomic E-state index is 0.146. The molecule has 0 bridgehead atoms. The fraction of sp³-hybridized carbons (Fsp3) is 0.167. The molecule has 2 heterocycles. The van der Waals surface area contributed by atoms with Gasteiger partial charge in [-0.05, 0) is 42.3 Å². The maximum absolute atomic E-state index is 12.7. The van der Waals surface area contributed by atoms with Crippen LogP contribution in [0.1, 0.15) is 11.1 Å². The predicted octanol–water partition coefficient (Wildman–Crippen LogP) is 4.44. The molecule has 0 aliphatic rings. The zero-order valence-corrected chi connectivity index (χ0v) is 18.7. The zero-order chi connectivity index (χ0) is 22.3. The Morgan fingerprint density at radius 3 is 2.62 bits per heavy atom. The van der Waals surface area contributed by atoms with Gasteiger partial charge in [-0.3, -0.25) is 14.3 Å². The van der Waals surface area contributed by atoms with Gasteiger partial charge in [-0.25, -0.2) is 0 Å².